The van der Waals surface area contributed by atoms with Gasteiger partial charge in [-0.1, -0.05) is 12.1 Å². The Balaban J connectivity index is 2.20. The lowest BCUT2D eigenvalue weighted by Crippen LogP contribution is -2.56. The highest BCUT2D eigenvalue weighted by Crippen LogP contribution is 2.33. The summed E-state index contributed by atoms with van der Waals surface area (Å²) < 4.78 is 4.90. The van der Waals surface area contributed by atoms with E-state index in [9.17, 15) is 4.79 Å². The summed E-state index contributed by atoms with van der Waals surface area (Å²) in [5.41, 5.74) is 7.91. The van der Waals surface area contributed by atoms with E-state index < -0.39 is 5.54 Å². The lowest BCUT2D eigenvalue weighted by Gasteiger charge is -2.42. The van der Waals surface area contributed by atoms with Crippen molar-refractivity contribution in [2.45, 2.75) is 51.1 Å². The number of hydrogen-bond donors (Lipinski definition) is 1. The van der Waals surface area contributed by atoms with Gasteiger partial charge in [0.15, 0.2) is 0 Å². The first kappa shape index (κ1) is 15.8. The van der Waals surface area contributed by atoms with E-state index in [2.05, 4.69) is 43.0 Å². The third-order valence-electron chi connectivity index (χ3n) is 4.47. The standard InChI is InChI=1S/C17H26N2O2/c1-4-19(14-8-5-7-13(2)11-14)15-9-6-10-17(18,12-15)16(20)21-3/h5,7-8,11,15H,4,6,9-10,12,18H2,1-3H3. The molecule has 2 rings (SSSR count). The summed E-state index contributed by atoms with van der Waals surface area (Å²) in [6.07, 6.45) is 3.39. The summed E-state index contributed by atoms with van der Waals surface area (Å²) in [6.45, 7) is 5.15. The number of anilines is 1. The molecule has 0 aliphatic heterocycles. The Morgan fingerprint density at radius 1 is 1.52 bits per heavy atom. The van der Waals surface area contributed by atoms with E-state index in [0.717, 1.165) is 19.4 Å². The smallest absolute Gasteiger partial charge is 0.325 e. The number of ether oxygens (including phenoxy) is 1. The molecule has 2 atom stereocenters. The Morgan fingerprint density at radius 2 is 2.29 bits per heavy atom. The van der Waals surface area contributed by atoms with Gasteiger partial charge < -0.3 is 15.4 Å². The minimum absolute atomic E-state index is 0.285. The number of aryl methyl sites for hydroxylation is 1. The number of hydrogen-bond acceptors (Lipinski definition) is 4. The first-order valence-electron chi connectivity index (χ1n) is 7.71. The third kappa shape index (κ3) is 3.38. The van der Waals surface area contributed by atoms with Crippen LogP contribution in [0.1, 0.15) is 38.2 Å². The molecular weight excluding hydrogens is 264 g/mol. The number of nitrogens with zero attached hydrogens (tertiary/aromatic N) is 1. The van der Waals surface area contributed by atoms with Gasteiger partial charge in [0.2, 0.25) is 0 Å². The first-order chi connectivity index (χ1) is 10.00. The third-order valence-corrected chi connectivity index (χ3v) is 4.47. The number of rotatable bonds is 4. The fraction of sp³-hybridized carbons (Fsp3) is 0.588. The average Bonchev–Trinajstić information content (AvgIpc) is 2.47. The van der Waals surface area contributed by atoms with Crippen LogP contribution >= 0.6 is 0 Å². The van der Waals surface area contributed by atoms with Gasteiger partial charge in [-0.2, -0.15) is 0 Å². The summed E-state index contributed by atoms with van der Waals surface area (Å²) in [5, 5.41) is 0. The Labute approximate surface area is 127 Å². The monoisotopic (exact) mass is 290 g/mol. The van der Waals surface area contributed by atoms with Crippen molar-refractivity contribution in [3.8, 4) is 0 Å². The number of carbonyl (C=O) groups is 1. The normalized spacial score (nSPS) is 25.4. The molecule has 0 spiro atoms. The molecule has 0 heterocycles. The molecule has 1 aliphatic carbocycles. The van der Waals surface area contributed by atoms with Crippen LogP contribution in [0.5, 0.6) is 0 Å². The topological polar surface area (TPSA) is 55.6 Å². The van der Waals surface area contributed by atoms with Crippen LogP contribution in [0.3, 0.4) is 0 Å². The summed E-state index contributed by atoms with van der Waals surface area (Å²) in [6, 6.07) is 8.77. The van der Waals surface area contributed by atoms with E-state index in [-0.39, 0.29) is 12.0 Å². The second-order valence-corrected chi connectivity index (χ2v) is 6.02. The number of methoxy groups -OCH3 is 1. The zero-order valence-electron chi connectivity index (χ0n) is 13.3. The Hall–Kier alpha value is -1.55. The van der Waals surface area contributed by atoms with E-state index in [1.807, 2.05) is 0 Å². The predicted molar refractivity (Wildman–Crippen MR) is 85.4 cm³/mol. The number of carbonyl (C=O) groups excluding carboxylic acids is 1. The van der Waals surface area contributed by atoms with Gasteiger partial charge in [-0.05, 0) is 57.2 Å². The van der Waals surface area contributed by atoms with Crippen LogP contribution in [0.25, 0.3) is 0 Å². The fourth-order valence-corrected chi connectivity index (χ4v) is 3.39. The molecule has 0 aromatic heterocycles. The zero-order chi connectivity index (χ0) is 15.5. The first-order valence-corrected chi connectivity index (χ1v) is 7.71. The predicted octanol–water partition coefficient (Wildman–Crippen LogP) is 2.63. The molecule has 4 heteroatoms. The van der Waals surface area contributed by atoms with E-state index in [1.165, 1.54) is 18.4 Å². The lowest BCUT2D eigenvalue weighted by molar-refractivity contribution is -0.148. The molecule has 1 aromatic rings. The minimum atomic E-state index is -0.838. The van der Waals surface area contributed by atoms with E-state index in [4.69, 9.17) is 10.5 Å². The van der Waals surface area contributed by atoms with Gasteiger partial charge in [-0.15, -0.1) is 0 Å². The van der Waals surface area contributed by atoms with Crippen molar-refractivity contribution in [2.24, 2.45) is 5.73 Å². The molecule has 1 aliphatic rings. The zero-order valence-corrected chi connectivity index (χ0v) is 13.3. The number of nitrogens with two attached hydrogens (primary N) is 1. The van der Waals surface area contributed by atoms with Crippen LogP contribution in [0, 0.1) is 6.92 Å². The van der Waals surface area contributed by atoms with Crippen molar-refractivity contribution < 1.29 is 9.53 Å². The molecule has 0 saturated heterocycles. The molecule has 0 radical (unpaired) electrons. The summed E-state index contributed by atoms with van der Waals surface area (Å²) in [7, 11) is 1.42. The molecule has 4 nitrogen and oxygen atoms in total. The summed E-state index contributed by atoms with van der Waals surface area (Å²) in [5.74, 6) is -0.285. The van der Waals surface area contributed by atoms with E-state index in [1.54, 1.807) is 0 Å². The van der Waals surface area contributed by atoms with Crippen LogP contribution in [0.2, 0.25) is 0 Å². The van der Waals surface area contributed by atoms with Crippen LogP contribution < -0.4 is 10.6 Å². The second kappa shape index (κ2) is 6.48. The molecule has 1 aromatic carbocycles. The van der Waals surface area contributed by atoms with Gasteiger partial charge in [-0.3, -0.25) is 4.79 Å². The van der Waals surface area contributed by atoms with Gasteiger partial charge in [0.1, 0.15) is 5.54 Å². The molecule has 2 N–H and O–H groups in total. The average molecular weight is 290 g/mol. The Morgan fingerprint density at radius 3 is 2.90 bits per heavy atom. The van der Waals surface area contributed by atoms with Gasteiger partial charge >= 0.3 is 5.97 Å². The molecule has 0 bridgehead atoms. The van der Waals surface area contributed by atoms with Crippen molar-refractivity contribution in [2.75, 3.05) is 18.6 Å². The second-order valence-electron chi connectivity index (χ2n) is 6.02. The van der Waals surface area contributed by atoms with Gasteiger partial charge in [0.25, 0.3) is 0 Å². The Bertz CT molecular complexity index is 503. The van der Waals surface area contributed by atoms with E-state index >= 15 is 0 Å². The molecule has 0 amide bonds. The molecule has 116 valence electrons. The molecular formula is C17H26N2O2. The lowest BCUT2D eigenvalue weighted by atomic mass is 9.79. The quantitative estimate of drug-likeness (QED) is 0.866. The van der Waals surface area contributed by atoms with Gasteiger partial charge in [0.05, 0.1) is 7.11 Å². The van der Waals surface area contributed by atoms with Crippen LogP contribution in [0.15, 0.2) is 24.3 Å². The maximum absolute atomic E-state index is 12.0. The van der Waals surface area contributed by atoms with Crippen molar-refractivity contribution in [3.63, 3.8) is 0 Å². The highest BCUT2D eigenvalue weighted by atomic mass is 16.5. The number of benzene rings is 1. The van der Waals surface area contributed by atoms with Crippen LogP contribution in [-0.2, 0) is 9.53 Å². The highest BCUT2D eigenvalue weighted by molar-refractivity contribution is 5.80. The van der Waals surface area contributed by atoms with Crippen molar-refractivity contribution in [3.05, 3.63) is 29.8 Å². The van der Waals surface area contributed by atoms with Crippen LogP contribution in [0.4, 0.5) is 5.69 Å². The molecule has 1 saturated carbocycles. The molecule has 1 fully saturated rings. The fourth-order valence-electron chi connectivity index (χ4n) is 3.39. The van der Waals surface area contributed by atoms with Crippen molar-refractivity contribution in [1.82, 2.24) is 0 Å². The maximum atomic E-state index is 12.0. The Kier molecular flexibility index (Phi) is 4.88. The van der Waals surface area contributed by atoms with E-state index in [0.29, 0.717) is 12.8 Å². The van der Waals surface area contributed by atoms with Crippen LogP contribution in [-0.4, -0.2) is 31.2 Å². The van der Waals surface area contributed by atoms with Crippen molar-refractivity contribution >= 4 is 11.7 Å². The number of esters is 1. The van der Waals surface area contributed by atoms with Crippen molar-refractivity contribution in [1.29, 1.82) is 0 Å². The SMILES string of the molecule is CCN(c1cccc(C)c1)C1CCCC(N)(C(=O)OC)C1. The minimum Gasteiger partial charge on any atom is -0.468 e. The maximum Gasteiger partial charge on any atom is 0.325 e. The molecule has 21 heavy (non-hydrogen) atoms. The van der Waals surface area contributed by atoms with Gasteiger partial charge in [0, 0.05) is 18.3 Å². The van der Waals surface area contributed by atoms with Gasteiger partial charge in [-0.25, -0.2) is 0 Å². The highest BCUT2D eigenvalue weighted by Gasteiger charge is 2.41. The molecule has 2 unspecified atom stereocenters. The largest absolute Gasteiger partial charge is 0.468 e. The summed E-state index contributed by atoms with van der Waals surface area (Å²) in [4.78, 5) is 14.3. The summed E-state index contributed by atoms with van der Waals surface area (Å²) >= 11 is 0.